The molecule has 0 aromatic heterocycles. The number of rotatable bonds is 5. The summed E-state index contributed by atoms with van der Waals surface area (Å²) in [6.07, 6.45) is 7.67. The van der Waals surface area contributed by atoms with Crippen LogP contribution in [0.1, 0.15) is 70.9 Å². The first kappa shape index (κ1) is 22.9. The standard InChI is InChI=1S/C29H41NO4/c1-7-8-14-30-15-13-28-22-18-9-10-19(31)23(22)34-24(28)29(33-6)12-11-27(28,21(30)16-18)17-20(29)26(5,32)25(2,3)4/h7,9-10,20-21,24,31-32H,1,8,11-17H2,2-6H3/t20-,21-,24-,26?,27-,28+,29?/m1/s1. The van der Waals surface area contributed by atoms with E-state index < -0.39 is 11.2 Å². The minimum atomic E-state index is -0.932. The van der Waals surface area contributed by atoms with Gasteiger partial charge in [0.05, 0.1) is 5.60 Å². The van der Waals surface area contributed by atoms with Gasteiger partial charge in [0.1, 0.15) is 11.7 Å². The Kier molecular flexibility index (Phi) is 4.58. The Morgan fingerprint density at radius 2 is 2.00 bits per heavy atom. The van der Waals surface area contributed by atoms with Gasteiger partial charge in [-0.25, -0.2) is 0 Å². The van der Waals surface area contributed by atoms with Crippen LogP contribution in [0.15, 0.2) is 24.8 Å². The first-order valence-corrected chi connectivity index (χ1v) is 13.1. The molecule has 7 rings (SSSR count). The fourth-order valence-corrected chi connectivity index (χ4v) is 9.25. The number of phenols is 1. The van der Waals surface area contributed by atoms with Gasteiger partial charge in [-0.1, -0.05) is 32.9 Å². The average molecular weight is 468 g/mol. The summed E-state index contributed by atoms with van der Waals surface area (Å²) in [7, 11) is 1.81. The number of likely N-dealkylation sites (tertiary alicyclic amines) is 1. The molecule has 0 radical (unpaired) electrons. The number of aromatic hydroxyl groups is 1. The van der Waals surface area contributed by atoms with Gasteiger partial charge in [-0.3, -0.25) is 4.90 Å². The van der Waals surface area contributed by atoms with Crippen LogP contribution in [0.3, 0.4) is 0 Å². The van der Waals surface area contributed by atoms with E-state index in [2.05, 4.69) is 38.3 Å². The fraction of sp³-hybridized carbons (Fsp3) is 0.724. The van der Waals surface area contributed by atoms with E-state index in [1.165, 1.54) is 11.1 Å². The van der Waals surface area contributed by atoms with Crippen LogP contribution in [-0.4, -0.2) is 58.7 Å². The zero-order valence-electron chi connectivity index (χ0n) is 21.5. The van der Waals surface area contributed by atoms with Gasteiger partial charge in [-0.05, 0) is 69.0 Å². The highest BCUT2D eigenvalue weighted by atomic mass is 16.6. The quantitative estimate of drug-likeness (QED) is 0.621. The number of hydrogen-bond donors (Lipinski definition) is 2. The Labute approximate surface area is 204 Å². The summed E-state index contributed by atoms with van der Waals surface area (Å²) in [6.45, 7) is 14.5. The molecule has 0 amide bonds. The molecule has 4 fully saturated rings. The number of piperidine rings is 1. The van der Waals surface area contributed by atoms with E-state index in [0.717, 1.165) is 51.6 Å². The van der Waals surface area contributed by atoms with E-state index in [0.29, 0.717) is 11.8 Å². The number of nitrogens with zero attached hydrogens (tertiary/aromatic N) is 1. The summed E-state index contributed by atoms with van der Waals surface area (Å²) in [5, 5.41) is 23.1. The van der Waals surface area contributed by atoms with E-state index in [-0.39, 0.29) is 34.0 Å². The van der Waals surface area contributed by atoms with Gasteiger partial charge in [0.25, 0.3) is 0 Å². The van der Waals surface area contributed by atoms with Crippen LogP contribution in [-0.2, 0) is 16.6 Å². The lowest BCUT2D eigenvalue weighted by Crippen LogP contribution is -2.83. The van der Waals surface area contributed by atoms with Gasteiger partial charge >= 0.3 is 0 Å². The molecule has 2 heterocycles. The van der Waals surface area contributed by atoms with Crippen LogP contribution >= 0.6 is 0 Å². The van der Waals surface area contributed by atoms with Gasteiger partial charge in [0.15, 0.2) is 11.5 Å². The molecular weight excluding hydrogens is 426 g/mol. The summed E-state index contributed by atoms with van der Waals surface area (Å²) in [6, 6.07) is 4.33. The van der Waals surface area contributed by atoms with Gasteiger partial charge < -0.3 is 19.7 Å². The van der Waals surface area contributed by atoms with Crippen LogP contribution in [0.25, 0.3) is 0 Å². The predicted octanol–water partition coefficient (Wildman–Crippen LogP) is 4.58. The van der Waals surface area contributed by atoms with Crippen molar-refractivity contribution < 1.29 is 19.7 Å². The molecule has 1 aromatic carbocycles. The summed E-state index contributed by atoms with van der Waals surface area (Å²) in [5.41, 5.74) is 0.562. The SMILES string of the molecule is C=CCCN1CC[C@]23c4c5ccc(O)c4O[C@H]2C2(OC)CC[C@@]3(C[C@@H]2C(C)(O)C(C)(C)C)[C@H]1C5. The third-order valence-corrected chi connectivity index (χ3v) is 11.3. The largest absolute Gasteiger partial charge is 0.504 e. The average Bonchev–Trinajstić information content (AvgIpc) is 3.16. The molecule has 5 heteroatoms. The maximum atomic E-state index is 12.2. The Hall–Kier alpha value is -1.56. The third kappa shape index (κ3) is 2.33. The van der Waals surface area contributed by atoms with Crippen molar-refractivity contribution in [3.63, 3.8) is 0 Å². The number of phenolic OH excluding ortho intramolecular Hbond substituents is 1. The Balaban J connectivity index is 1.61. The molecule has 4 bridgehead atoms. The number of hydrogen-bond acceptors (Lipinski definition) is 5. The first-order chi connectivity index (χ1) is 16.0. The molecule has 1 aromatic rings. The summed E-state index contributed by atoms with van der Waals surface area (Å²) >= 11 is 0. The van der Waals surface area contributed by atoms with Gasteiger partial charge in [-0.2, -0.15) is 0 Å². The van der Waals surface area contributed by atoms with Crippen LogP contribution in [0.5, 0.6) is 11.5 Å². The highest BCUT2D eigenvalue weighted by Gasteiger charge is 2.82. The van der Waals surface area contributed by atoms with Crippen LogP contribution < -0.4 is 4.74 Å². The Morgan fingerprint density at radius 3 is 2.68 bits per heavy atom. The Bertz CT molecular complexity index is 1040. The van der Waals surface area contributed by atoms with E-state index in [1.807, 2.05) is 26.2 Å². The van der Waals surface area contributed by atoms with Crippen molar-refractivity contribution in [3.8, 4) is 11.5 Å². The van der Waals surface area contributed by atoms with Crippen LogP contribution in [0.4, 0.5) is 0 Å². The number of fused-ring (bicyclic) bond motifs is 2. The van der Waals surface area contributed by atoms with Crippen LogP contribution in [0, 0.1) is 16.7 Å². The lowest BCUT2D eigenvalue weighted by atomic mass is 9.33. The third-order valence-electron chi connectivity index (χ3n) is 11.3. The van der Waals surface area contributed by atoms with E-state index in [1.54, 1.807) is 0 Å². The zero-order chi connectivity index (χ0) is 24.3. The summed E-state index contributed by atoms with van der Waals surface area (Å²) in [5.74, 6) is 0.871. The molecule has 2 spiro atoms. The summed E-state index contributed by atoms with van der Waals surface area (Å²) < 4.78 is 13.4. The minimum absolute atomic E-state index is 0.0106. The minimum Gasteiger partial charge on any atom is -0.504 e. The van der Waals surface area contributed by atoms with Gasteiger partial charge in [0.2, 0.25) is 0 Å². The number of methoxy groups -OCH3 is 1. The molecule has 6 aliphatic rings. The van der Waals surface area contributed by atoms with E-state index in [4.69, 9.17) is 9.47 Å². The van der Waals surface area contributed by atoms with E-state index in [9.17, 15) is 10.2 Å². The van der Waals surface area contributed by atoms with Crippen LogP contribution in [0.2, 0.25) is 0 Å². The van der Waals surface area contributed by atoms with E-state index >= 15 is 0 Å². The second-order valence-corrected chi connectivity index (χ2v) is 13.0. The van der Waals surface area contributed by atoms with Crippen molar-refractivity contribution in [2.45, 2.75) is 95.0 Å². The maximum Gasteiger partial charge on any atom is 0.165 e. The number of benzene rings is 1. The smallest absolute Gasteiger partial charge is 0.165 e. The van der Waals surface area contributed by atoms with Gasteiger partial charge in [-0.15, -0.1) is 6.58 Å². The molecule has 4 aliphatic carbocycles. The zero-order valence-corrected chi connectivity index (χ0v) is 21.5. The molecule has 34 heavy (non-hydrogen) atoms. The second-order valence-electron chi connectivity index (χ2n) is 13.0. The van der Waals surface area contributed by atoms with Gasteiger partial charge in [0, 0.05) is 42.0 Å². The van der Waals surface area contributed by atoms with Crippen molar-refractivity contribution in [1.82, 2.24) is 4.90 Å². The molecule has 3 saturated carbocycles. The lowest BCUT2D eigenvalue weighted by Gasteiger charge is -2.75. The molecular formula is C29H41NO4. The van der Waals surface area contributed by atoms with Crippen molar-refractivity contribution in [2.24, 2.45) is 16.7 Å². The highest BCUT2D eigenvalue weighted by molar-refractivity contribution is 5.63. The second kappa shape index (κ2) is 6.80. The fourth-order valence-electron chi connectivity index (χ4n) is 9.25. The maximum absolute atomic E-state index is 12.2. The van der Waals surface area contributed by atoms with Crippen molar-refractivity contribution in [2.75, 3.05) is 20.2 Å². The Morgan fingerprint density at radius 1 is 1.24 bits per heavy atom. The number of ether oxygens (including phenoxy) is 2. The molecule has 1 saturated heterocycles. The normalized spacial score (nSPS) is 41.5. The molecule has 5 nitrogen and oxygen atoms in total. The molecule has 7 atom stereocenters. The first-order valence-electron chi connectivity index (χ1n) is 13.1. The molecule has 2 aliphatic heterocycles. The molecule has 2 unspecified atom stereocenters. The predicted molar refractivity (Wildman–Crippen MR) is 132 cm³/mol. The molecule has 186 valence electrons. The number of aliphatic hydroxyl groups is 1. The highest BCUT2D eigenvalue weighted by Crippen LogP contribution is 2.77. The summed E-state index contributed by atoms with van der Waals surface area (Å²) in [4.78, 5) is 2.70. The molecule has 2 N–H and O–H groups in total. The van der Waals surface area contributed by atoms with Crippen molar-refractivity contribution in [1.29, 1.82) is 0 Å². The topological polar surface area (TPSA) is 62.2 Å². The van der Waals surface area contributed by atoms with Crippen molar-refractivity contribution in [3.05, 3.63) is 35.9 Å². The van der Waals surface area contributed by atoms with Crippen molar-refractivity contribution >= 4 is 0 Å². The lowest BCUT2D eigenvalue weighted by molar-refractivity contribution is -0.312. The monoisotopic (exact) mass is 467 g/mol.